The highest BCUT2D eigenvalue weighted by molar-refractivity contribution is 6.07. The summed E-state index contributed by atoms with van der Waals surface area (Å²) >= 11 is 0. The number of methoxy groups -OCH3 is 4. The molecule has 1 aliphatic heterocycles. The Hall–Kier alpha value is -5.29. The Balaban J connectivity index is 1.55. The number of para-hydroxylation sites is 1. The zero-order chi connectivity index (χ0) is 31.5. The van der Waals surface area contributed by atoms with Gasteiger partial charge in [0.15, 0.2) is 17.2 Å². The van der Waals surface area contributed by atoms with Crippen LogP contribution in [0.2, 0.25) is 0 Å². The van der Waals surface area contributed by atoms with Gasteiger partial charge in [-0.1, -0.05) is 24.3 Å². The molecular weight excluding hydrogens is 578 g/mol. The third-order valence-corrected chi connectivity index (χ3v) is 7.78. The molecule has 45 heavy (non-hydrogen) atoms. The minimum atomic E-state index is -0.674. The van der Waals surface area contributed by atoms with E-state index in [9.17, 15) is 9.59 Å². The molecule has 2 aromatic heterocycles. The smallest absolute Gasteiger partial charge is 0.357 e. The Morgan fingerprint density at radius 3 is 2.29 bits per heavy atom. The largest absolute Gasteiger partial charge is 0.493 e. The Labute approximate surface area is 259 Å². The summed E-state index contributed by atoms with van der Waals surface area (Å²) in [5.41, 5.74) is 2.32. The first-order valence-electron chi connectivity index (χ1n) is 14.4. The molecular formula is C34H33N3O8. The molecule has 1 saturated heterocycles. The molecule has 0 spiro atoms. The van der Waals surface area contributed by atoms with E-state index in [1.54, 1.807) is 35.3 Å². The summed E-state index contributed by atoms with van der Waals surface area (Å²) in [6.45, 7) is 1.79. The van der Waals surface area contributed by atoms with Gasteiger partial charge in [0.1, 0.15) is 12.4 Å². The van der Waals surface area contributed by atoms with Crippen LogP contribution in [0, 0.1) is 0 Å². The summed E-state index contributed by atoms with van der Waals surface area (Å²) in [7, 11) is 5.84. The molecule has 1 fully saturated rings. The van der Waals surface area contributed by atoms with Gasteiger partial charge in [-0.3, -0.25) is 4.79 Å². The summed E-state index contributed by atoms with van der Waals surface area (Å²) in [6.07, 6.45) is 0. The summed E-state index contributed by atoms with van der Waals surface area (Å²) in [5.74, 6) is 0.981. The molecule has 0 bridgehead atoms. The number of aromatic nitrogens is 2. The molecule has 0 saturated carbocycles. The SMILES string of the molecule is COC(=O)c1c(-c2cc(OC)c(OC)c(OC)c2)c2ccc(OCc3ccc4ccccc4n3)cc2c(=O)n1N1CCOCC1. The maximum atomic E-state index is 14.3. The van der Waals surface area contributed by atoms with E-state index in [4.69, 9.17) is 33.4 Å². The fourth-order valence-electron chi connectivity index (χ4n) is 5.63. The quantitative estimate of drug-likeness (QED) is 0.220. The van der Waals surface area contributed by atoms with Gasteiger partial charge in [-0.05, 0) is 53.4 Å². The zero-order valence-electron chi connectivity index (χ0n) is 25.5. The first-order chi connectivity index (χ1) is 22.0. The van der Waals surface area contributed by atoms with E-state index >= 15 is 0 Å². The van der Waals surface area contributed by atoms with Crippen molar-refractivity contribution in [2.45, 2.75) is 6.61 Å². The van der Waals surface area contributed by atoms with Gasteiger partial charge in [0.05, 0.1) is 71.3 Å². The van der Waals surface area contributed by atoms with Gasteiger partial charge in [0, 0.05) is 10.9 Å². The Kier molecular flexibility index (Phi) is 8.43. The van der Waals surface area contributed by atoms with Crippen molar-refractivity contribution in [3.05, 3.63) is 88.5 Å². The van der Waals surface area contributed by atoms with Gasteiger partial charge >= 0.3 is 5.97 Å². The maximum Gasteiger partial charge on any atom is 0.357 e. The molecule has 6 rings (SSSR count). The van der Waals surface area contributed by atoms with Crippen molar-refractivity contribution in [2.75, 3.05) is 59.8 Å². The molecule has 0 aliphatic carbocycles. The minimum absolute atomic E-state index is 0.0696. The molecule has 1 aliphatic rings. The Morgan fingerprint density at radius 2 is 1.60 bits per heavy atom. The van der Waals surface area contributed by atoms with Crippen molar-refractivity contribution < 1.29 is 33.2 Å². The monoisotopic (exact) mass is 611 g/mol. The second kappa shape index (κ2) is 12.7. The lowest BCUT2D eigenvalue weighted by Crippen LogP contribution is -2.51. The van der Waals surface area contributed by atoms with Crippen LogP contribution in [-0.4, -0.2) is 70.4 Å². The van der Waals surface area contributed by atoms with Gasteiger partial charge in [-0.15, -0.1) is 0 Å². The molecule has 0 radical (unpaired) electrons. The van der Waals surface area contributed by atoms with Crippen LogP contribution >= 0.6 is 0 Å². The highest BCUT2D eigenvalue weighted by Gasteiger charge is 2.29. The fourth-order valence-corrected chi connectivity index (χ4v) is 5.63. The second-order valence-corrected chi connectivity index (χ2v) is 10.3. The molecule has 5 aromatic rings. The zero-order valence-corrected chi connectivity index (χ0v) is 25.5. The van der Waals surface area contributed by atoms with Crippen molar-refractivity contribution in [3.63, 3.8) is 0 Å². The number of carbonyl (C=O) groups is 1. The van der Waals surface area contributed by atoms with Crippen LogP contribution in [0.15, 0.2) is 71.5 Å². The Bertz CT molecular complexity index is 1920. The number of ether oxygens (including phenoxy) is 6. The summed E-state index contributed by atoms with van der Waals surface area (Å²) in [4.78, 5) is 32.6. The van der Waals surface area contributed by atoms with Gasteiger partial charge < -0.3 is 33.4 Å². The average Bonchev–Trinajstić information content (AvgIpc) is 3.09. The predicted octanol–water partition coefficient (Wildman–Crippen LogP) is 4.58. The van der Waals surface area contributed by atoms with E-state index in [2.05, 4.69) is 0 Å². The Morgan fingerprint density at radius 1 is 0.867 bits per heavy atom. The number of benzene rings is 3. The minimum Gasteiger partial charge on any atom is -0.493 e. The van der Waals surface area contributed by atoms with Crippen molar-refractivity contribution in [2.24, 2.45) is 0 Å². The normalized spacial score (nSPS) is 13.1. The molecule has 232 valence electrons. The van der Waals surface area contributed by atoms with Crippen molar-refractivity contribution >= 4 is 27.6 Å². The molecule has 11 nitrogen and oxygen atoms in total. The number of carbonyl (C=O) groups excluding carboxylic acids is 1. The highest BCUT2D eigenvalue weighted by Crippen LogP contribution is 2.43. The standard InChI is InChI=1S/C34H33N3O8/c1-40-28-17-22(18-29(41-2)32(28)42-3)30-25-12-11-24(45-20-23-10-9-21-7-5-6-8-27(21)35-23)19-26(25)33(38)37(31(30)34(39)43-4)36-13-15-44-16-14-36/h5-12,17-19H,13-16,20H2,1-4H3. The molecule has 0 amide bonds. The lowest BCUT2D eigenvalue weighted by Gasteiger charge is -2.33. The number of hydrogen-bond donors (Lipinski definition) is 0. The second-order valence-electron chi connectivity index (χ2n) is 10.3. The molecule has 3 aromatic carbocycles. The number of nitrogens with zero attached hydrogens (tertiary/aromatic N) is 3. The van der Waals surface area contributed by atoms with Crippen LogP contribution in [0.5, 0.6) is 23.0 Å². The third-order valence-electron chi connectivity index (χ3n) is 7.78. The van der Waals surface area contributed by atoms with Crippen molar-refractivity contribution in [1.29, 1.82) is 0 Å². The van der Waals surface area contributed by atoms with E-state index in [0.717, 1.165) is 16.6 Å². The molecule has 3 heterocycles. The van der Waals surface area contributed by atoms with Gasteiger partial charge in [-0.2, -0.15) is 0 Å². The average molecular weight is 612 g/mol. The predicted molar refractivity (Wildman–Crippen MR) is 169 cm³/mol. The van der Waals surface area contributed by atoms with E-state index in [-0.39, 0.29) is 12.3 Å². The van der Waals surface area contributed by atoms with Gasteiger partial charge in [0.2, 0.25) is 5.75 Å². The molecule has 0 atom stereocenters. The van der Waals surface area contributed by atoms with E-state index in [1.165, 1.54) is 33.1 Å². The lowest BCUT2D eigenvalue weighted by atomic mass is 9.96. The van der Waals surface area contributed by atoms with Crippen molar-refractivity contribution in [3.8, 4) is 34.1 Å². The third kappa shape index (κ3) is 5.58. The number of pyridine rings is 2. The van der Waals surface area contributed by atoms with Gasteiger partial charge in [0.25, 0.3) is 5.56 Å². The van der Waals surface area contributed by atoms with Gasteiger partial charge in [-0.25, -0.2) is 14.5 Å². The number of rotatable bonds is 9. The van der Waals surface area contributed by atoms with Crippen LogP contribution < -0.4 is 29.5 Å². The maximum absolute atomic E-state index is 14.3. The molecule has 0 N–H and O–H groups in total. The molecule has 11 heteroatoms. The lowest BCUT2D eigenvalue weighted by molar-refractivity contribution is 0.0580. The highest BCUT2D eigenvalue weighted by atomic mass is 16.5. The summed E-state index contributed by atoms with van der Waals surface area (Å²) in [6, 6.07) is 20.5. The fraction of sp³-hybridized carbons (Fsp3) is 0.265. The topological polar surface area (TPSA) is 111 Å². The van der Waals surface area contributed by atoms with Crippen LogP contribution in [0.25, 0.3) is 32.8 Å². The number of esters is 1. The number of fused-ring (bicyclic) bond motifs is 2. The molecule has 0 unspecified atom stereocenters. The van der Waals surface area contributed by atoms with Crippen LogP contribution in [0.3, 0.4) is 0 Å². The van der Waals surface area contributed by atoms with E-state index in [0.29, 0.717) is 71.2 Å². The van der Waals surface area contributed by atoms with Crippen molar-refractivity contribution in [1.82, 2.24) is 9.66 Å². The van der Waals surface area contributed by atoms with Crippen LogP contribution in [0.4, 0.5) is 0 Å². The summed E-state index contributed by atoms with van der Waals surface area (Å²) in [5, 5.41) is 3.71. The van der Waals surface area contributed by atoms with Crippen LogP contribution in [0.1, 0.15) is 16.2 Å². The number of hydrogen-bond acceptors (Lipinski definition) is 10. The van der Waals surface area contributed by atoms with E-state index < -0.39 is 11.5 Å². The van der Waals surface area contributed by atoms with Crippen LogP contribution in [-0.2, 0) is 16.1 Å². The number of morpholine rings is 1. The van der Waals surface area contributed by atoms with E-state index in [1.807, 2.05) is 36.4 Å². The first kappa shape index (κ1) is 29.8. The first-order valence-corrected chi connectivity index (χ1v) is 14.4. The summed E-state index contributed by atoms with van der Waals surface area (Å²) < 4.78 is 35.1.